The SMILES string of the molecule is CCOC(=O)c1nc(-c2cc(NC(=O)OC(C)(C)C)nc(Cl)c2Cl)c(C)nc1Cl. The van der Waals surface area contributed by atoms with E-state index in [1.165, 1.54) is 6.07 Å². The first kappa shape index (κ1) is 23.1. The normalized spacial score (nSPS) is 11.2. The smallest absolute Gasteiger partial charge is 0.413 e. The summed E-state index contributed by atoms with van der Waals surface area (Å²) in [5, 5.41) is 2.37. The van der Waals surface area contributed by atoms with Crippen LogP contribution in [0.15, 0.2) is 6.07 Å². The minimum absolute atomic E-state index is 0.0657. The molecular formula is C18H19Cl3N4O4. The van der Waals surface area contributed by atoms with Crippen LogP contribution in [-0.4, -0.2) is 39.2 Å². The molecule has 29 heavy (non-hydrogen) atoms. The predicted molar refractivity (Wildman–Crippen MR) is 111 cm³/mol. The third kappa shape index (κ3) is 5.91. The first-order chi connectivity index (χ1) is 13.4. The summed E-state index contributed by atoms with van der Waals surface area (Å²) in [5.74, 6) is -0.646. The van der Waals surface area contributed by atoms with Gasteiger partial charge in [-0.2, -0.15) is 0 Å². The van der Waals surface area contributed by atoms with Gasteiger partial charge in [-0.15, -0.1) is 0 Å². The number of aromatic nitrogens is 3. The van der Waals surface area contributed by atoms with Crippen LogP contribution in [-0.2, 0) is 9.47 Å². The maximum atomic E-state index is 12.1. The number of rotatable bonds is 4. The largest absolute Gasteiger partial charge is 0.461 e. The third-order valence-corrected chi connectivity index (χ3v) is 4.31. The fraction of sp³-hybridized carbons (Fsp3) is 0.389. The van der Waals surface area contributed by atoms with Crippen LogP contribution in [0.3, 0.4) is 0 Å². The van der Waals surface area contributed by atoms with Crippen molar-refractivity contribution in [3.05, 3.63) is 32.8 Å². The van der Waals surface area contributed by atoms with E-state index in [2.05, 4.69) is 20.3 Å². The summed E-state index contributed by atoms with van der Waals surface area (Å²) in [6.45, 7) is 8.61. The molecule has 2 heterocycles. The number of carbonyl (C=O) groups is 2. The predicted octanol–water partition coefficient (Wildman–Crippen LogP) is 5.33. The van der Waals surface area contributed by atoms with Crippen LogP contribution >= 0.6 is 34.8 Å². The van der Waals surface area contributed by atoms with Crippen LogP contribution in [0.2, 0.25) is 15.3 Å². The number of aryl methyl sites for hydroxylation is 1. The van der Waals surface area contributed by atoms with Gasteiger partial charge in [0.15, 0.2) is 16.0 Å². The molecular weight excluding hydrogens is 443 g/mol. The van der Waals surface area contributed by atoms with Crippen molar-refractivity contribution in [1.29, 1.82) is 0 Å². The van der Waals surface area contributed by atoms with Crippen molar-refractivity contribution in [2.24, 2.45) is 0 Å². The first-order valence-electron chi connectivity index (χ1n) is 8.50. The van der Waals surface area contributed by atoms with Crippen LogP contribution in [0.25, 0.3) is 11.3 Å². The highest BCUT2D eigenvalue weighted by Gasteiger charge is 2.23. The number of halogens is 3. The summed E-state index contributed by atoms with van der Waals surface area (Å²) in [7, 11) is 0. The van der Waals surface area contributed by atoms with Gasteiger partial charge in [0.1, 0.15) is 11.4 Å². The lowest BCUT2D eigenvalue weighted by molar-refractivity contribution is 0.0518. The second kappa shape index (κ2) is 9.11. The molecule has 0 aliphatic heterocycles. The molecule has 0 aromatic carbocycles. The van der Waals surface area contributed by atoms with E-state index in [9.17, 15) is 9.59 Å². The molecule has 1 amide bonds. The van der Waals surface area contributed by atoms with Gasteiger partial charge in [-0.05, 0) is 40.7 Å². The quantitative estimate of drug-likeness (QED) is 0.484. The standard InChI is InChI=1S/C18H19Cl3N4O4/c1-6-28-16(26)13-15(21)22-8(2)12(25-13)9-7-10(23-14(20)11(9)19)24-17(27)29-18(3,4)5/h7H,6H2,1-5H3,(H,23,24,27). The summed E-state index contributed by atoms with van der Waals surface area (Å²) < 4.78 is 10.1. The van der Waals surface area contributed by atoms with Gasteiger partial charge in [-0.25, -0.2) is 24.5 Å². The van der Waals surface area contributed by atoms with Crippen LogP contribution in [0, 0.1) is 6.92 Å². The van der Waals surface area contributed by atoms with Crippen LogP contribution in [0.4, 0.5) is 10.6 Å². The zero-order valence-electron chi connectivity index (χ0n) is 16.4. The molecule has 0 aliphatic carbocycles. The Morgan fingerprint density at radius 2 is 1.76 bits per heavy atom. The van der Waals surface area contributed by atoms with Crippen molar-refractivity contribution < 1.29 is 19.1 Å². The number of ether oxygens (including phenoxy) is 2. The van der Waals surface area contributed by atoms with E-state index >= 15 is 0 Å². The molecule has 0 atom stereocenters. The molecule has 0 saturated carbocycles. The lowest BCUT2D eigenvalue weighted by atomic mass is 10.1. The van der Waals surface area contributed by atoms with Crippen LogP contribution < -0.4 is 5.32 Å². The monoisotopic (exact) mass is 460 g/mol. The molecule has 2 aromatic rings. The van der Waals surface area contributed by atoms with Crippen LogP contribution in [0.1, 0.15) is 43.9 Å². The van der Waals surface area contributed by atoms with Gasteiger partial charge in [0.2, 0.25) is 0 Å². The lowest BCUT2D eigenvalue weighted by Crippen LogP contribution is -2.27. The van der Waals surface area contributed by atoms with Gasteiger partial charge in [0.25, 0.3) is 0 Å². The van der Waals surface area contributed by atoms with E-state index in [0.717, 1.165) is 0 Å². The molecule has 0 unspecified atom stereocenters. The average molecular weight is 462 g/mol. The molecule has 1 N–H and O–H groups in total. The van der Waals surface area contributed by atoms with Gasteiger partial charge >= 0.3 is 12.1 Å². The highest BCUT2D eigenvalue weighted by atomic mass is 35.5. The van der Waals surface area contributed by atoms with Crippen molar-refractivity contribution in [3.8, 4) is 11.3 Å². The number of nitrogens with zero attached hydrogens (tertiary/aromatic N) is 3. The second-order valence-corrected chi connectivity index (χ2v) is 7.90. The first-order valence-corrected chi connectivity index (χ1v) is 9.64. The van der Waals surface area contributed by atoms with Crippen LogP contribution in [0.5, 0.6) is 0 Å². The number of esters is 1. The van der Waals surface area contributed by atoms with E-state index in [-0.39, 0.29) is 39.1 Å². The van der Waals surface area contributed by atoms with E-state index in [1.807, 2.05) is 0 Å². The molecule has 2 rings (SSSR count). The van der Waals surface area contributed by atoms with Gasteiger partial charge in [-0.3, -0.25) is 5.32 Å². The molecule has 0 radical (unpaired) electrons. The minimum Gasteiger partial charge on any atom is -0.461 e. The Morgan fingerprint density at radius 3 is 2.34 bits per heavy atom. The number of hydrogen-bond acceptors (Lipinski definition) is 7. The molecule has 156 valence electrons. The topological polar surface area (TPSA) is 103 Å². The second-order valence-electron chi connectivity index (χ2n) is 6.80. The molecule has 2 aromatic heterocycles. The van der Waals surface area contributed by atoms with E-state index in [0.29, 0.717) is 11.3 Å². The third-order valence-electron chi connectivity index (χ3n) is 3.30. The molecule has 0 aliphatic rings. The molecule has 11 heteroatoms. The number of amides is 1. The maximum absolute atomic E-state index is 12.1. The van der Waals surface area contributed by atoms with E-state index in [4.69, 9.17) is 44.3 Å². The highest BCUT2D eigenvalue weighted by Crippen LogP contribution is 2.35. The van der Waals surface area contributed by atoms with Gasteiger partial charge in [0.05, 0.1) is 23.0 Å². The Labute approximate surface area is 182 Å². The van der Waals surface area contributed by atoms with Crippen molar-refractivity contribution in [1.82, 2.24) is 15.0 Å². The number of nitrogens with one attached hydrogen (secondary N) is 1. The van der Waals surface area contributed by atoms with Crippen molar-refractivity contribution in [2.75, 3.05) is 11.9 Å². The molecule has 0 bridgehead atoms. The number of hydrogen-bond donors (Lipinski definition) is 1. The zero-order chi connectivity index (χ0) is 21.9. The summed E-state index contributed by atoms with van der Waals surface area (Å²) in [6.07, 6.45) is -0.722. The van der Waals surface area contributed by atoms with Crippen molar-refractivity contribution >= 4 is 52.7 Å². The average Bonchev–Trinajstić information content (AvgIpc) is 2.56. The number of carbonyl (C=O) groups excluding carboxylic acids is 2. The van der Waals surface area contributed by atoms with E-state index < -0.39 is 17.7 Å². The lowest BCUT2D eigenvalue weighted by Gasteiger charge is -2.19. The van der Waals surface area contributed by atoms with Gasteiger partial charge in [-0.1, -0.05) is 34.8 Å². The zero-order valence-corrected chi connectivity index (χ0v) is 18.7. The minimum atomic E-state index is -0.727. The summed E-state index contributed by atoms with van der Waals surface area (Å²) in [4.78, 5) is 36.6. The Morgan fingerprint density at radius 1 is 1.10 bits per heavy atom. The molecule has 0 saturated heterocycles. The van der Waals surface area contributed by atoms with Crippen molar-refractivity contribution in [2.45, 2.75) is 40.2 Å². The number of anilines is 1. The Hall–Kier alpha value is -2.16. The van der Waals surface area contributed by atoms with Gasteiger partial charge in [0, 0.05) is 5.56 Å². The molecule has 0 spiro atoms. The molecule has 8 nitrogen and oxygen atoms in total. The Bertz CT molecular complexity index is 961. The fourth-order valence-electron chi connectivity index (χ4n) is 2.22. The summed E-state index contributed by atoms with van der Waals surface area (Å²) >= 11 is 18.4. The molecule has 0 fully saturated rings. The highest BCUT2D eigenvalue weighted by molar-refractivity contribution is 6.43. The summed E-state index contributed by atoms with van der Waals surface area (Å²) in [6, 6.07) is 1.44. The van der Waals surface area contributed by atoms with Crippen molar-refractivity contribution in [3.63, 3.8) is 0 Å². The Balaban J connectivity index is 2.52. The van der Waals surface area contributed by atoms with E-state index in [1.54, 1.807) is 34.6 Å². The van der Waals surface area contributed by atoms with Gasteiger partial charge < -0.3 is 9.47 Å². The Kier molecular flexibility index (Phi) is 7.26. The maximum Gasteiger partial charge on any atom is 0.413 e. The fourth-order valence-corrected chi connectivity index (χ4v) is 2.84. The summed E-state index contributed by atoms with van der Waals surface area (Å²) in [5.41, 5.74) is 0.0507. The number of pyridine rings is 1.